The van der Waals surface area contributed by atoms with E-state index in [4.69, 9.17) is 14.2 Å². The van der Waals surface area contributed by atoms with Crippen LogP contribution in [0, 0.1) is 11.8 Å². The van der Waals surface area contributed by atoms with Gasteiger partial charge in [-0.1, -0.05) is 30.7 Å². The zero-order chi connectivity index (χ0) is 22.4. The number of ether oxygens (including phenoxy) is 3. The van der Waals surface area contributed by atoms with Crippen LogP contribution in [0.1, 0.15) is 57.8 Å². The van der Waals surface area contributed by atoms with Gasteiger partial charge in [-0.3, -0.25) is 4.39 Å². The molecule has 3 nitrogen and oxygen atoms in total. The van der Waals surface area contributed by atoms with Crippen LogP contribution in [0.3, 0.4) is 0 Å². The number of benzene rings is 2. The highest BCUT2D eigenvalue weighted by Crippen LogP contribution is 2.31. The standard InChI is InChI=1S/C28H39FO3/c1-30-20-4-2-3-5-21-31-27-14-10-25(11-15-27)26-12-16-28(17-13-26)32-22-24-8-6-23(7-9-24)18-19-29/h10-17,23-24H,2-9,18-22H2,1H3. The van der Waals surface area contributed by atoms with E-state index in [-0.39, 0.29) is 6.67 Å². The molecule has 32 heavy (non-hydrogen) atoms. The molecule has 0 bridgehead atoms. The number of hydrogen-bond acceptors (Lipinski definition) is 3. The highest BCUT2D eigenvalue weighted by molar-refractivity contribution is 5.64. The van der Waals surface area contributed by atoms with Gasteiger partial charge in [0.15, 0.2) is 0 Å². The van der Waals surface area contributed by atoms with Gasteiger partial charge in [0.2, 0.25) is 0 Å². The molecule has 1 saturated carbocycles. The number of rotatable bonds is 14. The van der Waals surface area contributed by atoms with E-state index in [0.29, 0.717) is 11.8 Å². The number of alkyl halides is 1. The van der Waals surface area contributed by atoms with E-state index in [9.17, 15) is 4.39 Å². The molecule has 0 spiro atoms. The molecule has 1 aliphatic carbocycles. The number of methoxy groups -OCH3 is 1. The summed E-state index contributed by atoms with van der Waals surface area (Å²) in [4.78, 5) is 0. The molecule has 1 fully saturated rings. The Hall–Kier alpha value is -2.07. The number of unbranched alkanes of at least 4 members (excludes halogenated alkanes) is 3. The Morgan fingerprint density at radius 3 is 1.78 bits per heavy atom. The molecule has 2 aromatic rings. The average Bonchev–Trinajstić information content (AvgIpc) is 2.84. The maximum absolute atomic E-state index is 12.5. The van der Waals surface area contributed by atoms with Crippen molar-refractivity contribution < 1.29 is 18.6 Å². The van der Waals surface area contributed by atoms with Crippen molar-refractivity contribution in [1.29, 1.82) is 0 Å². The predicted octanol–water partition coefficient (Wildman–Crippen LogP) is 7.48. The smallest absolute Gasteiger partial charge is 0.119 e. The molecule has 3 rings (SSSR count). The van der Waals surface area contributed by atoms with Crippen LogP contribution in [-0.2, 0) is 4.74 Å². The molecule has 176 valence electrons. The third-order valence-corrected chi connectivity index (χ3v) is 6.52. The molecule has 0 atom stereocenters. The van der Waals surface area contributed by atoms with Crippen LogP contribution in [0.15, 0.2) is 48.5 Å². The molecule has 0 radical (unpaired) electrons. The first-order valence-corrected chi connectivity index (χ1v) is 12.3. The number of halogens is 1. The van der Waals surface area contributed by atoms with Crippen LogP contribution >= 0.6 is 0 Å². The quantitative estimate of drug-likeness (QED) is 0.284. The predicted molar refractivity (Wildman–Crippen MR) is 129 cm³/mol. The largest absolute Gasteiger partial charge is 0.494 e. The van der Waals surface area contributed by atoms with E-state index in [2.05, 4.69) is 36.4 Å². The lowest BCUT2D eigenvalue weighted by Crippen LogP contribution is -2.20. The van der Waals surface area contributed by atoms with Gasteiger partial charge in [-0.25, -0.2) is 0 Å². The van der Waals surface area contributed by atoms with E-state index >= 15 is 0 Å². The van der Waals surface area contributed by atoms with Crippen molar-refractivity contribution >= 4 is 0 Å². The summed E-state index contributed by atoms with van der Waals surface area (Å²) in [6, 6.07) is 16.6. The van der Waals surface area contributed by atoms with Gasteiger partial charge >= 0.3 is 0 Å². The zero-order valence-corrected chi connectivity index (χ0v) is 19.6. The summed E-state index contributed by atoms with van der Waals surface area (Å²) in [5.74, 6) is 3.03. The lowest BCUT2D eigenvalue weighted by atomic mass is 9.81. The van der Waals surface area contributed by atoms with Crippen LogP contribution in [0.2, 0.25) is 0 Å². The first-order chi connectivity index (χ1) is 15.8. The second-order valence-corrected chi connectivity index (χ2v) is 8.98. The van der Waals surface area contributed by atoms with E-state index in [1.165, 1.54) is 24.0 Å². The van der Waals surface area contributed by atoms with Crippen LogP contribution in [-0.4, -0.2) is 33.6 Å². The molecule has 0 aliphatic heterocycles. The van der Waals surface area contributed by atoms with Crippen molar-refractivity contribution in [3.8, 4) is 22.6 Å². The maximum Gasteiger partial charge on any atom is 0.119 e. The molecular formula is C28H39FO3. The molecule has 0 aromatic heterocycles. The summed E-state index contributed by atoms with van der Waals surface area (Å²) < 4.78 is 29.5. The van der Waals surface area contributed by atoms with Crippen molar-refractivity contribution in [2.75, 3.05) is 33.6 Å². The molecule has 0 amide bonds. The average molecular weight is 443 g/mol. The zero-order valence-electron chi connectivity index (χ0n) is 19.6. The van der Waals surface area contributed by atoms with Gasteiger partial charge in [0.05, 0.1) is 19.9 Å². The van der Waals surface area contributed by atoms with Crippen molar-refractivity contribution in [2.24, 2.45) is 11.8 Å². The molecule has 2 aromatic carbocycles. The van der Waals surface area contributed by atoms with Gasteiger partial charge < -0.3 is 14.2 Å². The van der Waals surface area contributed by atoms with Gasteiger partial charge in [0, 0.05) is 13.7 Å². The fourth-order valence-corrected chi connectivity index (χ4v) is 4.43. The second-order valence-electron chi connectivity index (χ2n) is 8.98. The summed E-state index contributed by atoms with van der Waals surface area (Å²) in [6.45, 7) is 2.19. The highest BCUT2D eigenvalue weighted by atomic mass is 19.1. The lowest BCUT2D eigenvalue weighted by Gasteiger charge is -2.27. The minimum atomic E-state index is -0.177. The van der Waals surface area contributed by atoms with Gasteiger partial charge in [0.1, 0.15) is 11.5 Å². The molecule has 0 N–H and O–H groups in total. The van der Waals surface area contributed by atoms with Gasteiger partial charge in [-0.05, 0) is 98.6 Å². The van der Waals surface area contributed by atoms with Crippen molar-refractivity contribution in [3.05, 3.63) is 48.5 Å². The molecule has 0 unspecified atom stereocenters. The Bertz CT molecular complexity index is 736. The molecular weight excluding hydrogens is 403 g/mol. The van der Waals surface area contributed by atoms with Crippen molar-refractivity contribution in [2.45, 2.75) is 57.8 Å². The minimum absolute atomic E-state index is 0.177. The van der Waals surface area contributed by atoms with Crippen LogP contribution in [0.5, 0.6) is 11.5 Å². The van der Waals surface area contributed by atoms with Gasteiger partial charge in [-0.15, -0.1) is 0 Å². The Morgan fingerprint density at radius 2 is 1.22 bits per heavy atom. The van der Waals surface area contributed by atoms with Crippen LogP contribution in [0.4, 0.5) is 4.39 Å². The Morgan fingerprint density at radius 1 is 0.688 bits per heavy atom. The SMILES string of the molecule is COCCCCCCOc1ccc(-c2ccc(OCC3CCC(CCF)CC3)cc2)cc1. The van der Waals surface area contributed by atoms with E-state index in [1.807, 2.05) is 12.1 Å². The van der Waals surface area contributed by atoms with E-state index in [1.54, 1.807) is 7.11 Å². The summed E-state index contributed by atoms with van der Waals surface area (Å²) in [5, 5.41) is 0. The molecule has 0 saturated heterocycles. The Labute approximate surface area is 193 Å². The summed E-state index contributed by atoms with van der Waals surface area (Å²) >= 11 is 0. The highest BCUT2D eigenvalue weighted by Gasteiger charge is 2.21. The fourth-order valence-electron chi connectivity index (χ4n) is 4.43. The monoisotopic (exact) mass is 442 g/mol. The third kappa shape index (κ3) is 8.46. The maximum atomic E-state index is 12.5. The van der Waals surface area contributed by atoms with Crippen LogP contribution < -0.4 is 9.47 Å². The Balaban J connectivity index is 1.37. The summed E-state index contributed by atoms with van der Waals surface area (Å²) in [6.07, 6.45) is 9.90. The third-order valence-electron chi connectivity index (χ3n) is 6.52. The van der Waals surface area contributed by atoms with Crippen molar-refractivity contribution in [1.82, 2.24) is 0 Å². The minimum Gasteiger partial charge on any atom is -0.494 e. The van der Waals surface area contributed by atoms with E-state index < -0.39 is 0 Å². The summed E-state index contributed by atoms with van der Waals surface area (Å²) in [5.41, 5.74) is 2.35. The fraction of sp³-hybridized carbons (Fsp3) is 0.571. The van der Waals surface area contributed by atoms with Gasteiger partial charge in [-0.2, -0.15) is 0 Å². The second kappa shape index (κ2) is 14.2. The summed E-state index contributed by atoms with van der Waals surface area (Å²) in [7, 11) is 1.75. The number of hydrogen-bond donors (Lipinski definition) is 0. The first-order valence-electron chi connectivity index (χ1n) is 12.3. The first kappa shape index (κ1) is 24.6. The lowest BCUT2D eigenvalue weighted by molar-refractivity contribution is 0.175. The van der Waals surface area contributed by atoms with Crippen molar-refractivity contribution in [3.63, 3.8) is 0 Å². The molecule has 1 aliphatic rings. The normalized spacial score (nSPS) is 18.4. The Kier molecular flexibility index (Phi) is 10.9. The van der Waals surface area contributed by atoms with E-state index in [0.717, 1.165) is 76.3 Å². The molecule has 0 heterocycles. The molecule has 4 heteroatoms. The topological polar surface area (TPSA) is 27.7 Å². The van der Waals surface area contributed by atoms with Gasteiger partial charge in [0.25, 0.3) is 0 Å². The van der Waals surface area contributed by atoms with Crippen LogP contribution in [0.25, 0.3) is 11.1 Å².